The van der Waals surface area contributed by atoms with Crippen molar-refractivity contribution in [3.8, 4) is 40.9 Å². The van der Waals surface area contributed by atoms with E-state index in [9.17, 15) is 64.5 Å². The number of carbonyl (C=O) groups excluding carboxylic acids is 6. The Labute approximate surface area is 653 Å². The van der Waals surface area contributed by atoms with E-state index in [1.807, 2.05) is 55.5 Å². The zero-order chi connectivity index (χ0) is 79.1. The summed E-state index contributed by atoms with van der Waals surface area (Å²) in [5.41, 5.74) is 4.47. The maximum absolute atomic E-state index is 14.6. The third kappa shape index (κ3) is 22.0. The predicted octanol–water partition coefficient (Wildman–Crippen LogP) is 3.87. The van der Waals surface area contributed by atoms with E-state index in [0.29, 0.717) is 46.6 Å². The average molecular weight is 1680 g/mol. The molecule has 2 bridgehead atoms. The molecule has 108 heavy (non-hydrogen) atoms. The molecule has 4 fully saturated rings. The number of hydrogen-bond donors (Lipinski definition) is 10. The van der Waals surface area contributed by atoms with Crippen LogP contribution in [0.3, 0.4) is 0 Å². The molecule has 8 rings (SSSR count). The van der Waals surface area contributed by atoms with Crippen molar-refractivity contribution in [2.45, 2.75) is 234 Å². The smallest absolute Gasteiger partial charge is 0.250 e. The second-order valence-corrected chi connectivity index (χ2v) is 32.4. The van der Waals surface area contributed by atoms with Gasteiger partial charge in [0.15, 0.2) is 30.3 Å². The molecule has 3 amide bonds. The quantitative estimate of drug-likeness (QED) is 0.0124. The van der Waals surface area contributed by atoms with Gasteiger partial charge in [-0.25, -0.2) is 5.43 Å². The fourth-order valence-corrected chi connectivity index (χ4v) is 17.4. The Balaban J connectivity index is 1.02. The maximum atomic E-state index is 14.6. The Morgan fingerprint density at radius 1 is 0.870 bits per heavy atom. The van der Waals surface area contributed by atoms with Gasteiger partial charge in [0.1, 0.15) is 66.3 Å². The van der Waals surface area contributed by atoms with Gasteiger partial charge in [-0.1, -0.05) is 63.1 Å². The van der Waals surface area contributed by atoms with Crippen LogP contribution in [0.2, 0.25) is 0 Å². The van der Waals surface area contributed by atoms with E-state index in [2.05, 4.69) is 45.0 Å². The van der Waals surface area contributed by atoms with Crippen LogP contribution in [0.1, 0.15) is 128 Å². The molecule has 0 saturated carbocycles. The van der Waals surface area contributed by atoms with Crippen molar-refractivity contribution in [1.82, 2.24) is 21.1 Å². The van der Waals surface area contributed by atoms with Crippen LogP contribution in [0.25, 0.3) is 0 Å². The van der Waals surface area contributed by atoms with Crippen LogP contribution in [0.15, 0.2) is 64.4 Å². The number of nitrogens with zero attached hydrogens (tertiary/aromatic N) is 2. The van der Waals surface area contributed by atoms with Crippen LogP contribution in [0, 0.1) is 34.2 Å². The summed E-state index contributed by atoms with van der Waals surface area (Å²) in [5, 5.41) is 85.2. The van der Waals surface area contributed by atoms with E-state index < -0.39 is 162 Å². The number of ketones is 2. The van der Waals surface area contributed by atoms with Gasteiger partial charge < -0.3 is 103 Å². The van der Waals surface area contributed by atoms with Crippen LogP contribution in [-0.2, 0) is 73.3 Å². The predicted molar refractivity (Wildman–Crippen MR) is 405 cm³/mol. The number of aliphatic hydroxyl groups is 7. The molecular formula is C74H98IN5O25S3. The summed E-state index contributed by atoms with van der Waals surface area (Å²) in [6, 6.07) is 5.42. The third-order valence-electron chi connectivity index (χ3n) is 18.8. The van der Waals surface area contributed by atoms with Gasteiger partial charge in [0, 0.05) is 75.0 Å². The highest BCUT2D eigenvalue weighted by atomic mass is 127. The van der Waals surface area contributed by atoms with Crippen molar-refractivity contribution >= 4 is 96.1 Å². The first-order chi connectivity index (χ1) is 51.3. The van der Waals surface area contributed by atoms with Crippen LogP contribution in [-0.4, -0.2) is 254 Å². The van der Waals surface area contributed by atoms with Crippen molar-refractivity contribution in [3.63, 3.8) is 0 Å². The van der Waals surface area contributed by atoms with Crippen molar-refractivity contribution < 1.29 is 121 Å². The molecule has 19 atom stereocenters. The van der Waals surface area contributed by atoms with Crippen LogP contribution in [0.4, 0.5) is 0 Å². The van der Waals surface area contributed by atoms with Gasteiger partial charge in [0.2, 0.25) is 29.1 Å². The van der Waals surface area contributed by atoms with Gasteiger partial charge in [-0.05, 0) is 139 Å². The topological polar surface area (TPSA) is 406 Å². The highest BCUT2D eigenvalue weighted by molar-refractivity contribution is 14.1. The molecule has 4 aliphatic heterocycles. The Bertz CT molecular complexity index is 3790. The molecule has 30 nitrogen and oxygen atoms in total. The zero-order valence-corrected chi connectivity index (χ0v) is 67.0. The second-order valence-electron chi connectivity index (χ2n) is 27.2. The largest absolute Gasteiger partial charge is 0.495 e. The highest BCUT2D eigenvalue weighted by Gasteiger charge is 2.53. The first-order valence-electron chi connectivity index (χ1n) is 35.2. The average Bonchev–Trinajstić information content (AvgIpc) is 0.755. The van der Waals surface area contributed by atoms with Crippen molar-refractivity contribution in [2.24, 2.45) is 5.10 Å². The number of rotatable bonds is 32. The zero-order valence-electron chi connectivity index (χ0n) is 62.4. The number of carbonyl (C=O) groups is 6. The number of thioether (sulfide) groups is 1. The molecule has 10 N–H and O–H groups in total. The number of aliphatic hydroxyl groups excluding tert-OH is 6. The van der Waals surface area contributed by atoms with Crippen molar-refractivity contribution in [3.05, 3.63) is 85.2 Å². The minimum Gasteiger partial charge on any atom is -0.495 e. The van der Waals surface area contributed by atoms with E-state index in [0.717, 1.165) is 17.3 Å². The Hall–Kier alpha value is -5.63. The Kier molecular flexibility index (Phi) is 32.7. The molecule has 2 aromatic rings. The van der Waals surface area contributed by atoms with Crippen molar-refractivity contribution in [1.29, 1.82) is 0 Å². The van der Waals surface area contributed by atoms with Crippen LogP contribution < -0.4 is 30.4 Å². The summed E-state index contributed by atoms with van der Waals surface area (Å²) in [7, 11) is 6.75. The number of fused-ring (bicyclic) bond motifs is 2. The van der Waals surface area contributed by atoms with E-state index >= 15 is 0 Å². The molecule has 34 heteroatoms. The third-order valence-corrected chi connectivity index (χ3v) is 24.6. The number of likely N-dealkylation sites (N-methyl/N-ethyl adjacent to an activating group) is 1. The number of hydrogen-bond acceptors (Lipinski definition) is 30. The molecule has 0 radical (unpaired) electrons. The molecule has 4 saturated heterocycles. The van der Waals surface area contributed by atoms with E-state index in [-0.39, 0.29) is 83.0 Å². The lowest BCUT2D eigenvalue weighted by molar-refractivity contribution is -0.337. The minimum atomic E-state index is -2.25. The van der Waals surface area contributed by atoms with Gasteiger partial charge in [0.25, 0.3) is 0 Å². The van der Waals surface area contributed by atoms with Gasteiger partial charge in [-0.15, -0.1) is 0 Å². The van der Waals surface area contributed by atoms with Crippen LogP contribution >= 0.6 is 55.9 Å². The van der Waals surface area contributed by atoms with Gasteiger partial charge in [-0.2, -0.15) is 10.6 Å². The second kappa shape index (κ2) is 40.2. The fourth-order valence-electron chi connectivity index (χ4n) is 13.2. The van der Waals surface area contributed by atoms with E-state index in [1.54, 1.807) is 57.7 Å². The number of hydroxylamine groups is 1. The number of nitrogens with one attached hydrogen (secondary N) is 3. The molecular weight excluding hydrogens is 1580 g/mol. The standard InChI is InChI=1S/C74H98IN5O25S3/c1-14-80(43(8)84)48-36-98-55(31-52(48)94-11)103-68-63(90)60(79-105-56-30-49(85)69(42(7)99-56)107-70(92)57-38(3)59(75)66(46(34-81)65(57)95-12)104-71-64(91)67(96-13)62(89)41(6)101-71)40(5)100-72(68)102-51-21-17-15-16-18-27-74(93)32-50(86)61(76-54(88)35-82)58(51)47(74)26-29-106-108-73(9,10)33-53(87)78-77-39(4)44-22-24-45(25-23-44)97-28-19-20-37(2)83/h15-16,22-26,40-42,48-49,51-52,55-56,60,62-64,67-69,71-72,79,81-82,85,89-91,93H,14,19-20,28-36H2,1-13H3,(H,76,88)(H,78,87)/t40?,41?,42?,48-,49+,51?,52+,55-,56-,60+,62-,63+,64?,67-,68?,69+,71-,72-,74-/m0/s1. The SMILES string of the molecule is CCN(C(C)=O)[C@H]1CO[C@@H](OC2[C@H](OC3C#CC=CC#C[C@]4(O)CC(=O)C(NC(=O)CO)=C3C4=CCSSC(C)(C)CC(=O)NN=C(C)c3ccc(OCCCC(C)=O)cc3)OC(C)[C@@H](NO[C@H]3C[C@@H](O)[C@H](SC(=O)c4c(C)c(I)c(O[C@@H]5OC(C)[C@H](O)[C@H](OC)C5O)c(CO)c4OC)C(C)O3)[C@H]2O)C[C@H]1OC. The first-order valence-corrected chi connectivity index (χ1v) is 39.5. The molecule has 2 aromatic carbocycles. The Morgan fingerprint density at radius 3 is 2.23 bits per heavy atom. The van der Waals surface area contributed by atoms with E-state index in [4.69, 9.17) is 56.9 Å². The van der Waals surface area contributed by atoms with Gasteiger partial charge in [-0.3, -0.25) is 28.8 Å². The molecule has 594 valence electrons. The van der Waals surface area contributed by atoms with Gasteiger partial charge >= 0.3 is 0 Å². The first kappa shape index (κ1) is 87.9. The number of ether oxygens (including phenoxy) is 11. The number of Topliss-reactive ketones (excluding diaryl/α,β-unsaturated/α-hetero) is 2. The normalized spacial score (nSPS) is 30.5. The lowest BCUT2D eigenvalue weighted by atomic mass is 9.75. The summed E-state index contributed by atoms with van der Waals surface area (Å²) in [5.74, 6) is 9.85. The summed E-state index contributed by atoms with van der Waals surface area (Å²) < 4.78 is 67.2. The lowest BCUT2D eigenvalue weighted by Crippen LogP contribution is -2.65. The molecule has 6 aliphatic rings. The van der Waals surface area contributed by atoms with E-state index in [1.165, 1.54) is 68.9 Å². The lowest BCUT2D eigenvalue weighted by Gasteiger charge is -2.47. The fraction of sp³-hybridized carbons (Fsp3) is 0.608. The molecule has 2 aliphatic carbocycles. The molecule has 4 heterocycles. The number of amides is 3. The summed E-state index contributed by atoms with van der Waals surface area (Å²) in [4.78, 5) is 87.6. The number of allylic oxidation sites excluding steroid dienone is 3. The Morgan fingerprint density at radius 2 is 1.58 bits per heavy atom. The molecule has 6 unspecified atom stereocenters. The summed E-state index contributed by atoms with van der Waals surface area (Å²) in [6.07, 6.45) is -14.2. The number of methoxy groups -OCH3 is 3. The summed E-state index contributed by atoms with van der Waals surface area (Å²) in [6.45, 7) is 15.6. The number of benzene rings is 2. The molecule has 0 aromatic heterocycles. The number of hydrazone groups is 1. The van der Waals surface area contributed by atoms with Gasteiger partial charge in [0.05, 0.1) is 107 Å². The van der Waals surface area contributed by atoms with Crippen LogP contribution in [0.5, 0.6) is 17.2 Å². The molecule has 0 spiro atoms. The maximum Gasteiger partial charge on any atom is 0.250 e. The highest BCUT2D eigenvalue weighted by Crippen LogP contribution is 2.46. The monoisotopic (exact) mass is 1680 g/mol. The minimum absolute atomic E-state index is 0.00940. The summed E-state index contributed by atoms with van der Waals surface area (Å²) >= 11 is 2.72. The number of halogens is 1. The van der Waals surface area contributed by atoms with Crippen molar-refractivity contribution in [2.75, 3.05) is 53.4 Å².